The molecule has 0 spiro atoms. The van der Waals surface area contributed by atoms with Gasteiger partial charge in [-0.25, -0.2) is 14.5 Å². The number of hydrogen-bond donors (Lipinski definition) is 1. The largest absolute Gasteiger partial charge is 0.338 e. The van der Waals surface area contributed by atoms with Gasteiger partial charge in [0, 0.05) is 25.7 Å². The van der Waals surface area contributed by atoms with Crippen LogP contribution in [0, 0.1) is 0 Å². The highest BCUT2D eigenvalue weighted by Gasteiger charge is 2.41. The van der Waals surface area contributed by atoms with Gasteiger partial charge in [0.25, 0.3) is 5.91 Å². The maximum atomic E-state index is 12.8. The highest BCUT2D eigenvalue weighted by Crippen LogP contribution is 2.26. The Morgan fingerprint density at radius 3 is 2.23 bits per heavy atom. The Labute approximate surface area is 176 Å². The zero-order valence-corrected chi connectivity index (χ0v) is 16.9. The molecule has 1 N–H and O–H groups in total. The van der Waals surface area contributed by atoms with Gasteiger partial charge in [-0.3, -0.25) is 4.79 Å². The van der Waals surface area contributed by atoms with Gasteiger partial charge in [0.05, 0.1) is 5.69 Å². The predicted octanol–water partition coefficient (Wildman–Crippen LogP) is 2.87. The van der Waals surface area contributed by atoms with Gasteiger partial charge < -0.3 is 15.1 Å². The number of benzene rings is 2. The molecule has 0 atom stereocenters. The van der Waals surface area contributed by atoms with E-state index in [0.29, 0.717) is 38.2 Å². The maximum absolute atomic E-state index is 12.8. The molecule has 4 rings (SSSR count). The van der Waals surface area contributed by atoms with Crippen molar-refractivity contribution in [1.82, 2.24) is 15.1 Å². The maximum Gasteiger partial charge on any atom is 0.332 e. The average molecular weight is 406 g/mol. The quantitative estimate of drug-likeness (QED) is 0.776. The van der Waals surface area contributed by atoms with E-state index in [-0.39, 0.29) is 30.6 Å². The normalized spacial score (nSPS) is 17.5. The minimum atomic E-state index is -0.267. The Morgan fingerprint density at radius 2 is 1.57 bits per heavy atom. The van der Waals surface area contributed by atoms with E-state index in [1.54, 1.807) is 21.9 Å². The van der Waals surface area contributed by atoms with E-state index >= 15 is 0 Å². The monoisotopic (exact) mass is 406 g/mol. The van der Waals surface area contributed by atoms with Crippen LogP contribution in [0.15, 0.2) is 60.7 Å². The average Bonchev–Trinajstić information content (AvgIpc) is 3.09. The van der Waals surface area contributed by atoms with Crippen LogP contribution in [0.3, 0.4) is 0 Å². The lowest BCUT2D eigenvalue weighted by atomic mass is 10.0. The lowest BCUT2D eigenvalue weighted by Gasteiger charge is -2.36. The molecule has 2 aliphatic heterocycles. The van der Waals surface area contributed by atoms with Crippen molar-refractivity contribution in [2.24, 2.45) is 0 Å². The van der Waals surface area contributed by atoms with Gasteiger partial charge in [0.1, 0.15) is 6.54 Å². The molecule has 2 aromatic rings. The number of nitrogens with zero attached hydrogens (tertiary/aromatic N) is 3. The first-order valence-electron chi connectivity index (χ1n) is 10.4. The first kappa shape index (κ1) is 19.9. The van der Waals surface area contributed by atoms with Gasteiger partial charge >= 0.3 is 12.1 Å². The standard InChI is InChI=1S/C23H26N4O3/c28-21-17-26(23(30)27(21)20-9-5-2-6-10-20)19-12-15-25(16-13-19)22(29)24-14-11-18-7-3-1-4-8-18/h1-10,19H,11-17H2,(H,24,29). The molecule has 2 saturated heterocycles. The first-order valence-corrected chi connectivity index (χ1v) is 10.4. The molecule has 7 nitrogen and oxygen atoms in total. The van der Waals surface area contributed by atoms with Crippen LogP contribution in [-0.4, -0.2) is 60.0 Å². The molecule has 0 aliphatic carbocycles. The number of urea groups is 2. The van der Waals surface area contributed by atoms with Crippen LogP contribution in [0.25, 0.3) is 0 Å². The van der Waals surface area contributed by atoms with E-state index in [9.17, 15) is 14.4 Å². The number of hydrogen-bond acceptors (Lipinski definition) is 3. The van der Waals surface area contributed by atoms with Crippen LogP contribution in [0.4, 0.5) is 15.3 Å². The van der Waals surface area contributed by atoms with Gasteiger partial charge in [-0.05, 0) is 37.0 Å². The Kier molecular flexibility index (Phi) is 5.97. The van der Waals surface area contributed by atoms with Gasteiger partial charge in [0.15, 0.2) is 0 Å². The second-order valence-electron chi connectivity index (χ2n) is 7.66. The van der Waals surface area contributed by atoms with Gasteiger partial charge in [-0.15, -0.1) is 0 Å². The molecule has 0 bridgehead atoms. The van der Waals surface area contributed by atoms with Crippen molar-refractivity contribution in [1.29, 1.82) is 0 Å². The second kappa shape index (κ2) is 8.98. The molecule has 5 amide bonds. The summed E-state index contributed by atoms with van der Waals surface area (Å²) in [6.07, 6.45) is 2.14. The summed E-state index contributed by atoms with van der Waals surface area (Å²) in [6, 6.07) is 18.7. The minimum Gasteiger partial charge on any atom is -0.338 e. The number of para-hydroxylation sites is 1. The lowest BCUT2D eigenvalue weighted by molar-refractivity contribution is -0.116. The molecule has 2 fully saturated rings. The van der Waals surface area contributed by atoms with Crippen LogP contribution in [0.2, 0.25) is 0 Å². The number of amides is 5. The van der Waals surface area contributed by atoms with Crippen LogP contribution in [0.5, 0.6) is 0 Å². The number of rotatable bonds is 5. The zero-order valence-electron chi connectivity index (χ0n) is 16.9. The molecule has 0 unspecified atom stereocenters. The van der Waals surface area contributed by atoms with Crippen molar-refractivity contribution in [2.75, 3.05) is 31.1 Å². The summed E-state index contributed by atoms with van der Waals surface area (Å²) >= 11 is 0. The van der Waals surface area contributed by atoms with Gasteiger partial charge in [0.2, 0.25) is 0 Å². The predicted molar refractivity (Wildman–Crippen MR) is 114 cm³/mol. The van der Waals surface area contributed by atoms with Crippen LogP contribution in [-0.2, 0) is 11.2 Å². The molecular formula is C23H26N4O3. The highest BCUT2D eigenvalue weighted by molar-refractivity contribution is 6.19. The number of carbonyl (C=O) groups excluding carboxylic acids is 3. The smallest absolute Gasteiger partial charge is 0.332 e. The minimum absolute atomic E-state index is 0.0245. The molecule has 2 aliphatic rings. The van der Waals surface area contributed by atoms with Crippen LogP contribution < -0.4 is 10.2 Å². The fourth-order valence-corrected chi connectivity index (χ4v) is 4.09. The molecule has 7 heteroatoms. The molecule has 156 valence electrons. The van der Waals surface area contributed by atoms with Crippen LogP contribution >= 0.6 is 0 Å². The van der Waals surface area contributed by atoms with Crippen molar-refractivity contribution >= 4 is 23.7 Å². The van der Waals surface area contributed by atoms with Crippen molar-refractivity contribution in [3.05, 3.63) is 66.2 Å². The summed E-state index contributed by atoms with van der Waals surface area (Å²) in [5.41, 5.74) is 1.79. The van der Waals surface area contributed by atoms with Crippen molar-refractivity contribution < 1.29 is 14.4 Å². The van der Waals surface area contributed by atoms with Crippen molar-refractivity contribution in [3.63, 3.8) is 0 Å². The number of anilines is 1. The Balaban J connectivity index is 1.26. The fourth-order valence-electron chi connectivity index (χ4n) is 4.09. The molecule has 0 aromatic heterocycles. The lowest BCUT2D eigenvalue weighted by Crippen LogP contribution is -2.50. The number of piperidine rings is 1. The summed E-state index contributed by atoms with van der Waals surface area (Å²) in [5.74, 6) is -0.202. The summed E-state index contributed by atoms with van der Waals surface area (Å²) < 4.78 is 0. The van der Waals surface area contributed by atoms with E-state index in [1.165, 1.54) is 10.5 Å². The SMILES string of the molecule is O=C(NCCc1ccccc1)N1CCC(N2CC(=O)N(c3ccccc3)C2=O)CC1. The fraction of sp³-hybridized carbons (Fsp3) is 0.348. The van der Waals surface area contributed by atoms with Crippen LogP contribution in [0.1, 0.15) is 18.4 Å². The van der Waals surface area contributed by atoms with Crippen molar-refractivity contribution in [3.8, 4) is 0 Å². The Bertz CT molecular complexity index is 895. The summed E-state index contributed by atoms with van der Waals surface area (Å²) in [5, 5.41) is 2.97. The third-order valence-corrected chi connectivity index (χ3v) is 5.73. The first-order chi connectivity index (χ1) is 14.6. The third-order valence-electron chi connectivity index (χ3n) is 5.73. The van der Waals surface area contributed by atoms with E-state index in [4.69, 9.17) is 0 Å². The number of carbonyl (C=O) groups is 3. The zero-order chi connectivity index (χ0) is 20.9. The Morgan fingerprint density at radius 1 is 0.933 bits per heavy atom. The van der Waals surface area contributed by atoms with E-state index in [0.717, 1.165) is 6.42 Å². The molecule has 30 heavy (non-hydrogen) atoms. The molecule has 0 saturated carbocycles. The molecule has 0 radical (unpaired) electrons. The second-order valence-corrected chi connectivity index (χ2v) is 7.66. The van der Waals surface area contributed by atoms with Gasteiger partial charge in [-0.2, -0.15) is 0 Å². The number of nitrogens with one attached hydrogen (secondary N) is 1. The number of imide groups is 1. The third kappa shape index (κ3) is 4.30. The van der Waals surface area contributed by atoms with Gasteiger partial charge in [-0.1, -0.05) is 48.5 Å². The highest BCUT2D eigenvalue weighted by atomic mass is 16.2. The van der Waals surface area contributed by atoms with E-state index in [2.05, 4.69) is 5.32 Å². The summed E-state index contributed by atoms with van der Waals surface area (Å²) in [4.78, 5) is 42.4. The molecule has 2 heterocycles. The number of likely N-dealkylation sites (tertiary alicyclic amines) is 1. The van der Waals surface area contributed by atoms with Crippen molar-refractivity contribution in [2.45, 2.75) is 25.3 Å². The molecule has 2 aromatic carbocycles. The summed E-state index contributed by atoms with van der Waals surface area (Å²) in [7, 11) is 0. The summed E-state index contributed by atoms with van der Waals surface area (Å²) in [6.45, 7) is 1.84. The van der Waals surface area contributed by atoms with E-state index < -0.39 is 0 Å². The Hall–Kier alpha value is -3.35. The van der Waals surface area contributed by atoms with E-state index in [1.807, 2.05) is 48.5 Å². The topological polar surface area (TPSA) is 73.0 Å². The molecular weight excluding hydrogens is 380 g/mol.